The van der Waals surface area contributed by atoms with Crippen LogP contribution in [0.3, 0.4) is 0 Å². The minimum atomic E-state index is -4.33. The number of hydrogen-bond acceptors (Lipinski definition) is 4. The zero-order valence-corrected chi connectivity index (χ0v) is 29.1. The topological polar surface area (TPSA) is 86.8 Å². The Kier molecular flexibility index (Phi) is 11.4. The van der Waals surface area contributed by atoms with E-state index < -0.39 is 34.1 Å². The minimum absolute atomic E-state index is 0.00671. The molecule has 0 aromatic heterocycles. The minimum Gasteiger partial charge on any atom is -0.350 e. The first-order chi connectivity index (χ1) is 21.6. The van der Waals surface area contributed by atoms with E-state index in [4.69, 9.17) is 34.8 Å². The van der Waals surface area contributed by atoms with Gasteiger partial charge in [-0.1, -0.05) is 95.0 Å². The number of amides is 2. The molecule has 1 N–H and O–H groups in total. The van der Waals surface area contributed by atoms with Crippen LogP contribution in [0, 0.1) is 6.92 Å². The lowest BCUT2D eigenvalue weighted by molar-refractivity contribution is -0.140. The maximum absolute atomic E-state index is 14.6. The van der Waals surface area contributed by atoms with E-state index in [1.165, 1.54) is 35.2 Å². The van der Waals surface area contributed by atoms with Gasteiger partial charge < -0.3 is 10.2 Å². The van der Waals surface area contributed by atoms with Crippen LogP contribution in [0.4, 0.5) is 5.69 Å². The third-order valence-corrected chi connectivity index (χ3v) is 9.68. The fourth-order valence-corrected chi connectivity index (χ4v) is 6.81. The van der Waals surface area contributed by atoms with E-state index in [2.05, 4.69) is 5.32 Å². The number of anilines is 1. The Hall–Kier alpha value is -3.56. The summed E-state index contributed by atoms with van der Waals surface area (Å²) >= 11 is 19.0. The van der Waals surface area contributed by atoms with Crippen LogP contribution in [-0.4, -0.2) is 43.3 Å². The molecule has 0 unspecified atom stereocenters. The molecule has 7 nitrogen and oxygen atoms in total. The lowest BCUT2D eigenvalue weighted by Gasteiger charge is -2.35. The molecule has 0 saturated carbocycles. The molecule has 46 heavy (non-hydrogen) atoms. The first kappa shape index (κ1) is 35.3. The highest BCUT2D eigenvalue weighted by Gasteiger charge is 2.36. The van der Waals surface area contributed by atoms with Crippen LogP contribution in [0.1, 0.15) is 37.5 Å². The van der Waals surface area contributed by atoms with E-state index in [9.17, 15) is 18.0 Å². The number of benzene rings is 4. The van der Waals surface area contributed by atoms with Crippen LogP contribution in [0.5, 0.6) is 0 Å². The summed E-state index contributed by atoms with van der Waals surface area (Å²) < 4.78 is 29.4. The quantitative estimate of drug-likeness (QED) is 0.174. The zero-order valence-electron chi connectivity index (χ0n) is 26.0. The largest absolute Gasteiger partial charge is 0.350 e. The SMILES string of the molecule is Cc1ccc(S(=O)(=O)N(CC(=O)N(Cc2ccc(Cl)cc2)[C@@H](Cc2ccccc2)C(=O)NC(C)(C)C)c2cc(Cl)ccc2Cl)cc1. The molecule has 11 heteroatoms. The van der Waals surface area contributed by atoms with Crippen molar-refractivity contribution >= 4 is 62.3 Å². The lowest BCUT2D eigenvalue weighted by Crippen LogP contribution is -2.56. The predicted molar refractivity (Wildman–Crippen MR) is 186 cm³/mol. The number of carbonyl (C=O) groups excluding carboxylic acids is 2. The molecule has 0 bridgehead atoms. The standard InChI is InChI=1S/C35H36Cl3N3O4S/c1-24-10-17-29(18-11-24)46(44,45)41(31-21-28(37)16-19-30(31)38)23-33(42)40(22-26-12-14-27(36)15-13-26)32(34(43)39-35(2,3)4)20-25-8-6-5-7-9-25/h5-19,21,32H,20,22-23H2,1-4H3,(H,39,43)/t32-/m0/s1. The van der Waals surface area contributed by atoms with Crippen molar-refractivity contribution in [3.8, 4) is 0 Å². The van der Waals surface area contributed by atoms with Gasteiger partial charge in [0.1, 0.15) is 12.6 Å². The number of nitrogens with one attached hydrogen (secondary N) is 1. The average Bonchev–Trinajstić information content (AvgIpc) is 2.99. The number of nitrogens with zero attached hydrogens (tertiary/aromatic N) is 2. The summed E-state index contributed by atoms with van der Waals surface area (Å²) in [6.07, 6.45) is 0.185. The van der Waals surface area contributed by atoms with Crippen LogP contribution in [0.25, 0.3) is 0 Å². The zero-order chi connectivity index (χ0) is 33.6. The van der Waals surface area contributed by atoms with Gasteiger partial charge in [-0.3, -0.25) is 13.9 Å². The summed E-state index contributed by atoms with van der Waals surface area (Å²) in [6.45, 7) is 6.76. The fourth-order valence-electron chi connectivity index (χ4n) is 4.82. The fraction of sp³-hybridized carbons (Fsp3) is 0.257. The van der Waals surface area contributed by atoms with Crippen LogP contribution in [0.15, 0.2) is 102 Å². The van der Waals surface area contributed by atoms with Crippen molar-refractivity contribution in [3.05, 3.63) is 129 Å². The second-order valence-electron chi connectivity index (χ2n) is 12.0. The van der Waals surface area contributed by atoms with Gasteiger partial charge in [-0.2, -0.15) is 0 Å². The van der Waals surface area contributed by atoms with E-state index >= 15 is 0 Å². The molecule has 0 aliphatic heterocycles. The molecule has 1 atom stereocenters. The van der Waals surface area contributed by atoms with Crippen LogP contribution < -0.4 is 9.62 Å². The first-order valence-corrected chi connectivity index (χ1v) is 17.2. The Balaban J connectivity index is 1.84. The number of rotatable bonds is 11. The molecule has 4 rings (SSSR count). The predicted octanol–water partition coefficient (Wildman–Crippen LogP) is 7.71. The summed E-state index contributed by atoms with van der Waals surface area (Å²) in [5, 5.41) is 3.84. The number of halogens is 3. The van der Waals surface area contributed by atoms with Crippen LogP contribution in [-0.2, 0) is 32.6 Å². The van der Waals surface area contributed by atoms with Gasteiger partial charge >= 0.3 is 0 Å². The van der Waals surface area contributed by atoms with Crippen molar-refractivity contribution in [2.24, 2.45) is 0 Å². The van der Waals surface area contributed by atoms with Gasteiger partial charge in [0.05, 0.1) is 15.6 Å². The number of hydrogen-bond donors (Lipinski definition) is 1. The highest BCUT2D eigenvalue weighted by atomic mass is 35.5. The number of sulfonamides is 1. The summed E-state index contributed by atoms with van der Waals surface area (Å²) in [4.78, 5) is 29.9. The van der Waals surface area contributed by atoms with Crippen molar-refractivity contribution in [1.82, 2.24) is 10.2 Å². The van der Waals surface area contributed by atoms with Crippen molar-refractivity contribution < 1.29 is 18.0 Å². The third kappa shape index (κ3) is 9.26. The van der Waals surface area contributed by atoms with Crippen molar-refractivity contribution in [3.63, 3.8) is 0 Å². The highest BCUT2D eigenvalue weighted by Crippen LogP contribution is 2.33. The van der Waals surface area contributed by atoms with Crippen molar-refractivity contribution in [2.45, 2.75) is 57.1 Å². The van der Waals surface area contributed by atoms with Gasteiger partial charge in [0.15, 0.2) is 0 Å². The molecule has 0 heterocycles. The average molecular weight is 701 g/mol. The normalized spacial score (nSPS) is 12.3. The Morgan fingerprint density at radius 2 is 1.41 bits per heavy atom. The second kappa shape index (κ2) is 14.9. The lowest BCUT2D eigenvalue weighted by atomic mass is 10.0. The Bertz CT molecular complexity index is 1780. The smallest absolute Gasteiger partial charge is 0.264 e. The molecule has 0 radical (unpaired) electrons. The molecule has 0 aliphatic rings. The van der Waals surface area contributed by atoms with Gasteiger partial charge in [-0.25, -0.2) is 8.42 Å². The molecular weight excluding hydrogens is 665 g/mol. The van der Waals surface area contributed by atoms with E-state index in [0.717, 1.165) is 15.4 Å². The molecule has 4 aromatic carbocycles. The summed E-state index contributed by atoms with van der Waals surface area (Å²) in [6, 6.07) is 26.0. The van der Waals surface area contributed by atoms with Gasteiger partial charge in [-0.05, 0) is 81.3 Å². The van der Waals surface area contributed by atoms with Gasteiger partial charge in [0.25, 0.3) is 10.0 Å². The maximum atomic E-state index is 14.6. The second-order valence-corrected chi connectivity index (χ2v) is 15.2. The first-order valence-electron chi connectivity index (χ1n) is 14.6. The molecular formula is C35H36Cl3N3O4S. The van der Waals surface area contributed by atoms with E-state index in [1.807, 2.05) is 58.0 Å². The Labute approximate surface area is 286 Å². The van der Waals surface area contributed by atoms with E-state index in [-0.39, 0.29) is 39.5 Å². The summed E-state index contributed by atoms with van der Waals surface area (Å²) in [7, 11) is -4.33. The Morgan fingerprint density at radius 3 is 2.02 bits per heavy atom. The van der Waals surface area contributed by atoms with Gasteiger partial charge in [0.2, 0.25) is 11.8 Å². The van der Waals surface area contributed by atoms with Gasteiger partial charge in [0, 0.05) is 28.5 Å². The number of aryl methyl sites for hydroxylation is 1. The van der Waals surface area contributed by atoms with Gasteiger partial charge in [-0.15, -0.1) is 0 Å². The van der Waals surface area contributed by atoms with Crippen LogP contribution >= 0.6 is 34.8 Å². The molecule has 4 aromatic rings. The number of carbonyl (C=O) groups is 2. The summed E-state index contributed by atoms with van der Waals surface area (Å²) in [5.41, 5.74) is 1.83. The van der Waals surface area contributed by atoms with Crippen LogP contribution in [0.2, 0.25) is 15.1 Å². The molecule has 2 amide bonds. The monoisotopic (exact) mass is 699 g/mol. The third-order valence-electron chi connectivity index (χ3n) is 7.10. The molecule has 0 fully saturated rings. The summed E-state index contributed by atoms with van der Waals surface area (Å²) in [5.74, 6) is -1.00. The Morgan fingerprint density at radius 1 is 0.804 bits per heavy atom. The van der Waals surface area contributed by atoms with Crippen molar-refractivity contribution in [1.29, 1.82) is 0 Å². The van der Waals surface area contributed by atoms with Crippen molar-refractivity contribution in [2.75, 3.05) is 10.8 Å². The molecule has 0 aliphatic carbocycles. The van der Waals surface area contributed by atoms with E-state index in [0.29, 0.717) is 10.6 Å². The maximum Gasteiger partial charge on any atom is 0.264 e. The molecule has 242 valence electrons. The highest BCUT2D eigenvalue weighted by molar-refractivity contribution is 7.92. The molecule has 0 saturated heterocycles. The van der Waals surface area contributed by atoms with E-state index in [1.54, 1.807) is 36.4 Å². The molecule has 0 spiro atoms.